The van der Waals surface area contributed by atoms with Crippen LogP contribution in [0.5, 0.6) is 0 Å². The van der Waals surface area contributed by atoms with Gasteiger partial charge in [-0.3, -0.25) is 4.79 Å². The van der Waals surface area contributed by atoms with Gasteiger partial charge in [0.05, 0.1) is 0 Å². The van der Waals surface area contributed by atoms with Crippen molar-refractivity contribution in [1.82, 2.24) is 15.3 Å². The van der Waals surface area contributed by atoms with Gasteiger partial charge in [-0.05, 0) is 12.0 Å². The highest BCUT2D eigenvalue weighted by Crippen LogP contribution is 2.12. The van der Waals surface area contributed by atoms with Crippen LogP contribution in [0.1, 0.15) is 26.3 Å². The van der Waals surface area contributed by atoms with Crippen LogP contribution in [0.3, 0.4) is 0 Å². The van der Waals surface area contributed by atoms with E-state index in [0.29, 0.717) is 6.54 Å². The number of nitrogens with zero attached hydrogens (tertiary/aromatic N) is 2. The second-order valence-corrected chi connectivity index (χ2v) is 4.50. The Morgan fingerprint density at radius 3 is 2.47 bits per heavy atom. The molecule has 0 spiro atoms. The van der Waals surface area contributed by atoms with Gasteiger partial charge in [0.1, 0.15) is 6.33 Å². The zero-order chi connectivity index (χ0) is 11.3. The lowest BCUT2D eigenvalue weighted by Gasteiger charge is -2.17. The Morgan fingerprint density at radius 2 is 1.93 bits per heavy atom. The van der Waals surface area contributed by atoms with Crippen molar-refractivity contribution in [3.05, 3.63) is 24.3 Å². The molecule has 1 heterocycles. The molecule has 0 atom stereocenters. The highest BCUT2D eigenvalue weighted by molar-refractivity contribution is 5.81. The maximum absolute atomic E-state index is 11.5. The summed E-state index contributed by atoms with van der Waals surface area (Å²) in [6, 6.07) is 0. The second kappa shape index (κ2) is 4.87. The van der Waals surface area contributed by atoms with Gasteiger partial charge in [0.15, 0.2) is 0 Å². The summed E-state index contributed by atoms with van der Waals surface area (Å²) in [7, 11) is 0. The van der Waals surface area contributed by atoms with Crippen molar-refractivity contribution < 1.29 is 4.79 Å². The van der Waals surface area contributed by atoms with E-state index in [0.717, 1.165) is 12.0 Å². The monoisotopic (exact) mass is 207 g/mol. The average molecular weight is 207 g/mol. The Kier molecular flexibility index (Phi) is 3.77. The predicted octanol–water partition coefficient (Wildman–Crippen LogP) is 1.18. The Bertz CT molecular complexity index is 316. The van der Waals surface area contributed by atoms with E-state index in [-0.39, 0.29) is 11.3 Å². The first-order chi connectivity index (χ1) is 7.00. The number of carbonyl (C=O) groups excluding carboxylic acids is 1. The molecule has 0 aromatic carbocycles. The van der Waals surface area contributed by atoms with Crippen LogP contribution in [0.2, 0.25) is 0 Å². The summed E-state index contributed by atoms with van der Waals surface area (Å²) in [5, 5.41) is 2.88. The summed E-state index contributed by atoms with van der Waals surface area (Å²) in [6.07, 6.45) is 5.78. The van der Waals surface area contributed by atoms with Gasteiger partial charge in [0.25, 0.3) is 0 Å². The molecule has 0 saturated heterocycles. The minimum atomic E-state index is -0.326. The SMILES string of the molecule is CC(C)(C)C(=O)NCCc1cncnc1. The number of carbonyl (C=O) groups is 1. The van der Waals surface area contributed by atoms with E-state index in [1.807, 2.05) is 20.8 Å². The van der Waals surface area contributed by atoms with E-state index >= 15 is 0 Å². The van der Waals surface area contributed by atoms with Gasteiger partial charge in [0.2, 0.25) is 5.91 Å². The van der Waals surface area contributed by atoms with Crippen LogP contribution < -0.4 is 5.32 Å². The Balaban J connectivity index is 2.32. The van der Waals surface area contributed by atoms with Gasteiger partial charge in [-0.2, -0.15) is 0 Å². The molecular formula is C11H17N3O. The summed E-state index contributed by atoms with van der Waals surface area (Å²) < 4.78 is 0. The molecule has 1 N–H and O–H groups in total. The smallest absolute Gasteiger partial charge is 0.225 e. The molecule has 1 aromatic heterocycles. The molecule has 82 valence electrons. The fraction of sp³-hybridized carbons (Fsp3) is 0.545. The normalized spacial score (nSPS) is 11.1. The van der Waals surface area contributed by atoms with Crippen LogP contribution >= 0.6 is 0 Å². The number of amides is 1. The standard InChI is InChI=1S/C11H17N3O/c1-11(2,3)10(15)14-5-4-9-6-12-8-13-7-9/h6-8H,4-5H2,1-3H3,(H,14,15). The molecule has 0 aliphatic carbocycles. The molecule has 0 radical (unpaired) electrons. The number of nitrogens with one attached hydrogen (secondary N) is 1. The summed E-state index contributed by atoms with van der Waals surface area (Å²) >= 11 is 0. The van der Waals surface area contributed by atoms with Gasteiger partial charge >= 0.3 is 0 Å². The summed E-state index contributed by atoms with van der Waals surface area (Å²) in [6.45, 7) is 6.32. The van der Waals surface area contributed by atoms with Crippen LogP contribution in [0.25, 0.3) is 0 Å². The highest BCUT2D eigenvalue weighted by Gasteiger charge is 2.20. The third kappa shape index (κ3) is 4.06. The van der Waals surface area contributed by atoms with Crippen molar-refractivity contribution in [2.45, 2.75) is 27.2 Å². The van der Waals surface area contributed by atoms with Gasteiger partial charge in [0, 0.05) is 24.4 Å². The molecule has 1 rings (SSSR count). The van der Waals surface area contributed by atoms with E-state index < -0.39 is 0 Å². The number of hydrogen-bond acceptors (Lipinski definition) is 3. The molecule has 1 aromatic rings. The van der Waals surface area contributed by atoms with Crippen LogP contribution in [-0.4, -0.2) is 22.4 Å². The molecule has 0 unspecified atom stereocenters. The van der Waals surface area contributed by atoms with E-state index in [4.69, 9.17) is 0 Å². The zero-order valence-corrected chi connectivity index (χ0v) is 9.45. The lowest BCUT2D eigenvalue weighted by molar-refractivity contribution is -0.128. The van der Waals surface area contributed by atoms with Gasteiger partial charge in [-0.1, -0.05) is 20.8 Å². The molecule has 1 amide bonds. The van der Waals surface area contributed by atoms with Crippen molar-refractivity contribution in [2.75, 3.05) is 6.54 Å². The summed E-state index contributed by atoms with van der Waals surface area (Å²) in [5.41, 5.74) is 0.708. The number of aromatic nitrogens is 2. The summed E-state index contributed by atoms with van der Waals surface area (Å²) in [4.78, 5) is 19.3. The molecule has 0 fully saturated rings. The minimum Gasteiger partial charge on any atom is -0.355 e. The maximum Gasteiger partial charge on any atom is 0.225 e. The topological polar surface area (TPSA) is 54.9 Å². The van der Waals surface area contributed by atoms with Crippen molar-refractivity contribution in [1.29, 1.82) is 0 Å². The maximum atomic E-state index is 11.5. The molecule has 15 heavy (non-hydrogen) atoms. The van der Waals surface area contributed by atoms with Crippen LogP contribution in [0.4, 0.5) is 0 Å². The first-order valence-corrected chi connectivity index (χ1v) is 5.02. The lowest BCUT2D eigenvalue weighted by Crippen LogP contribution is -2.35. The third-order valence-electron chi connectivity index (χ3n) is 1.99. The van der Waals surface area contributed by atoms with Gasteiger partial charge < -0.3 is 5.32 Å². The third-order valence-corrected chi connectivity index (χ3v) is 1.99. The van der Waals surface area contributed by atoms with Crippen LogP contribution in [0.15, 0.2) is 18.7 Å². The summed E-state index contributed by atoms with van der Waals surface area (Å²) in [5.74, 6) is 0.0688. The van der Waals surface area contributed by atoms with Gasteiger partial charge in [-0.25, -0.2) is 9.97 Å². The predicted molar refractivity (Wildman–Crippen MR) is 58.2 cm³/mol. The molecule has 0 aliphatic heterocycles. The van der Waals surface area contributed by atoms with E-state index in [1.54, 1.807) is 12.4 Å². The fourth-order valence-electron chi connectivity index (χ4n) is 1.04. The van der Waals surface area contributed by atoms with Crippen molar-refractivity contribution in [3.63, 3.8) is 0 Å². The van der Waals surface area contributed by atoms with Crippen molar-refractivity contribution in [3.8, 4) is 0 Å². The minimum absolute atomic E-state index is 0.0688. The first kappa shape index (κ1) is 11.6. The fourth-order valence-corrected chi connectivity index (χ4v) is 1.04. The molecule has 0 saturated carbocycles. The van der Waals surface area contributed by atoms with Crippen molar-refractivity contribution in [2.24, 2.45) is 5.41 Å². The van der Waals surface area contributed by atoms with E-state index in [9.17, 15) is 4.79 Å². The largest absolute Gasteiger partial charge is 0.355 e. The van der Waals surface area contributed by atoms with Crippen LogP contribution in [0, 0.1) is 5.41 Å². The molecule has 0 bridgehead atoms. The lowest BCUT2D eigenvalue weighted by atomic mass is 9.96. The van der Waals surface area contributed by atoms with Crippen LogP contribution in [-0.2, 0) is 11.2 Å². The zero-order valence-electron chi connectivity index (χ0n) is 9.45. The quantitative estimate of drug-likeness (QED) is 0.809. The Labute approximate surface area is 90.1 Å². The molecule has 4 nitrogen and oxygen atoms in total. The Hall–Kier alpha value is -1.45. The second-order valence-electron chi connectivity index (χ2n) is 4.50. The van der Waals surface area contributed by atoms with E-state index in [2.05, 4.69) is 15.3 Å². The number of hydrogen-bond donors (Lipinski definition) is 1. The van der Waals surface area contributed by atoms with Crippen molar-refractivity contribution >= 4 is 5.91 Å². The molecular weight excluding hydrogens is 190 g/mol. The first-order valence-electron chi connectivity index (χ1n) is 5.02. The van der Waals surface area contributed by atoms with Gasteiger partial charge in [-0.15, -0.1) is 0 Å². The molecule has 4 heteroatoms. The Morgan fingerprint density at radius 1 is 1.33 bits per heavy atom. The number of rotatable bonds is 3. The highest BCUT2D eigenvalue weighted by atomic mass is 16.2. The van der Waals surface area contributed by atoms with E-state index in [1.165, 1.54) is 6.33 Å². The molecule has 0 aliphatic rings. The average Bonchev–Trinajstić information content (AvgIpc) is 2.18.